The lowest BCUT2D eigenvalue weighted by molar-refractivity contribution is 0.0499. The molecule has 1 saturated heterocycles. The van der Waals surface area contributed by atoms with E-state index in [2.05, 4.69) is 54.2 Å². The van der Waals surface area contributed by atoms with E-state index in [1.54, 1.807) is 0 Å². The molecular weight excluding hydrogens is 236 g/mol. The molecule has 0 unspecified atom stereocenters. The Bertz CT molecular complexity index is 366. The Morgan fingerprint density at radius 3 is 2.63 bits per heavy atom. The standard InChI is InChI=1S/C16H26N2O/c1-17(2)16-12-18(11-9-15(16)13-19)10-8-14-6-4-3-5-7-14/h3-7,15-16,19H,8-13H2,1-2H3/t15-,16-/m1/s1. The molecule has 1 N–H and O–H groups in total. The number of piperidine rings is 1. The van der Waals surface area contributed by atoms with Crippen LogP contribution in [0.5, 0.6) is 0 Å². The minimum Gasteiger partial charge on any atom is -0.396 e. The molecule has 19 heavy (non-hydrogen) atoms. The Labute approximate surface area is 116 Å². The Kier molecular flexibility index (Phi) is 5.37. The first-order valence-electron chi connectivity index (χ1n) is 7.24. The molecule has 0 saturated carbocycles. The first-order chi connectivity index (χ1) is 9.20. The number of aliphatic hydroxyl groups excluding tert-OH is 1. The molecule has 3 nitrogen and oxygen atoms in total. The van der Waals surface area contributed by atoms with Gasteiger partial charge in [-0.2, -0.15) is 0 Å². The van der Waals surface area contributed by atoms with E-state index in [0.29, 0.717) is 18.6 Å². The lowest BCUT2D eigenvalue weighted by Gasteiger charge is -2.41. The molecule has 0 radical (unpaired) electrons. The van der Waals surface area contributed by atoms with Gasteiger partial charge in [-0.05, 0) is 45.0 Å². The molecule has 1 aliphatic heterocycles. The first kappa shape index (κ1) is 14.5. The Morgan fingerprint density at radius 1 is 1.26 bits per heavy atom. The van der Waals surface area contributed by atoms with Gasteiger partial charge in [0.25, 0.3) is 0 Å². The second kappa shape index (κ2) is 7.04. The van der Waals surface area contributed by atoms with Crippen LogP contribution in [0.25, 0.3) is 0 Å². The van der Waals surface area contributed by atoms with Crippen LogP contribution in [0.3, 0.4) is 0 Å². The third-order valence-corrected chi connectivity index (χ3v) is 4.26. The normalized spacial score (nSPS) is 24.8. The van der Waals surface area contributed by atoms with Crippen LogP contribution in [0, 0.1) is 5.92 Å². The van der Waals surface area contributed by atoms with E-state index in [9.17, 15) is 5.11 Å². The third kappa shape index (κ3) is 4.03. The van der Waals surface area contributed by atoms with E-state index in [4.69, 9.17) is 0 Å². The average Bonchev–Trinajstić information content (AvgIpc) is 2.46. The smallest absolute Gasteiger partial charge is 0.0475 e. The zero-order valence-electron chi connectivity index (χ0n) is 12.1. The van der Waals surface area contributed by atoms with E-state index in [1.165, 1.54) is 5.56 Å². The van der Waals surface area contributed by atoms with Crippen molar-refractivity contribution < 1.29 is 5.11 Å². The second-order valence-corrected chi connectivity index (χ2v) is 5.80. The summed E-state index contributed by atoms with van der Waals surface area (Å²) in [5, 5.41) is 9.46. The highest BCUT2D eigenvalue weighted by atomic mass is 16.3. The van der Waals surface area contributed by atoms with Gasteiger partial charge in [-0.15, -0.1) is 0 Å². The zero-order valence-corrected chi connectivity index (χ0v) is 12.1. The maximum atomic E-state index is 9.46. The summed E-state index contributed by atoms with van der Waals surface area (Å²) in [5.74, 6) is 0.433. The number of likely N-dealkylation sites (tertiary alicyclic amines) is 1. The van der Waals surface area contributed by atoms with Crippen molar-refractivity contribution in [1.29, 1.82) is 0 Å². The first-order valence-corrected chi connectivity index (χ1v) is 7.24. The number of hydrogen-bond donors (Lipinski definition) is 1. The number of hydrogen-bond acceptors (Lipinski definition) is 3. The highest BCUT2D eigenvalue weighted by Crippen LogP contribution is 2.20. The van der Waals surface area contributed by atoms with Crippen molar-refractivity contribution >= 4 is 0 Å². The summed E-state index contributed by atoms with van der Waals surface area (Å²) in [6.45, 7) is 3.62. The monoisotopic (exact) mass is 262 g/mol. The largest absolute Gasteiger partial charge is 0.396 e. The number of aliphatic hydroxyl groups is 1. The van der Waals surface area contributed by atoms with Gasteiger partial charge in [0, 0.05) is 25.7 Å². The van der Waals surface area contributed by atoms with E-state index in [-0.39, 0.29) is 0 Å². The molecule has 106 valence electrons. The summed E-state index contributed by atoms with van der Waals surface area (Å²) in [6.07, 6.45) is 2.22. The Hall–Kier alpha value is -0.900. The van der Waals surface area contributed by atoms with Crippen molar-refractivity contribution in [3.63, 3.8) is 0 Å². The molecule has 1 heterocycles. The fourth-order valence-corrected chi connectivity index (χ4v) is 2.98. The summed E-state index contributed by atoms with van der Waals surface area (Å²) in [7, 11) is 4.24. The van der Waals surface area contributed by atoms with Crippen molar-refractivity contribution in [3.05, 3.63) is 35.9 Å². The summed E-state index contributed by atoms with van der Waals surface area (Å²) >= 11 is 0. The molecule has 1 aromatic rings. The molecule has 3 heteroatoms. The molecule has 2 atom stereocenters. The minimum absolute atomic E-state index is 0.315. The summed E-state index contributed by atoms with van der Waals surface area (Å²) in [4.78, 5) is 4.79. The van der Waals surface area contributed by atoms with Crippen LogP contribution in [0.2, 0.25) is 0 Å². The van der Waals surface area contributed by atoms with Crippen LogP contribution in [0.1, 0.15) is 12.0 Å². The van der Waals surface area contributed by atoms with Crippen LogP contribution in [-0.4, -0.2) is 61.3 Å². The van der Waals surface area contributed by atoms with Crippen LogP contribution in [0.15, 0.2) is 30.3 Å². The van der Waals surface area contributed by atoms with E-state index in [0.717, 1.165) is 32.5 Å². The molecule has 0 aromatic heterocycles. The average molecular weight is 262 g/mol. The number of rotatable bonds is 5. The molecule has 1 aliphatic rings. The summed E-state index contributed by atoms with van der Waals surface area (Å²) in [5.41, 5.74) is 1.41. The molecule has 1 aromatic carbocycles. The van der Waals surface area contributed by atoms with E-state index >= 15 is 0 Å². The molecule has 2 rings (SSSR count). The van der Waals surface area contributed by atoms with Crippen molar-refractivity contribution in [2.24, 2.45) is 5.92 Å². The van der Waals surface area contributed by atoms with E-state index in [1.807, 2.05) is 0 Å². The van der Waals surface area contributed by atoms with Crippen LogP contribution in [-0.2, 0) is 6.42 Å². The maximum absolute atomic E-state index is 9.46. The van der Waals surface area contributed by atoms with Crippen molar-refractivity contribution in [3.8, 4) is 0 Å². The molecule has 0 spiro atoms. The van der Waals surface area contributed by atoms with Gasteiger partial charge in [0.15, 0.2) is 0 Å². The molecule has 0 amide bonds. The predicted octanol–water partition coefficient (Wildman–Crippen LogP) is 1.47. The van der Waals surface area contributed by atoms with Gasteiger partial charge in [0.2, 0.25) is 0 Å². The fourth-order valence-electron chi connectivity index (χ4n) is 2.98. The van der Waals surface area contributed by atoms with E-state index < -0.39 is 0 Å². The maximum Gasteiger partial charge on any atom is 0.0475 e. The quantitative estimate of drug-likeness (QED) is 0.870. The van der Waals surface area contributed by atoms with Gasteiger partial charge in [0.05, 0.1) is 0 Å². The highest BCUT2D eigenvalue weighted by Gasteiger charge is 2.29. The number of nitrogens with zero attached hydrogens (tertiary/aromatic N) is 2. The molecule has 1 fully saturated rings. The van der Waals surface area contributed by atoms with Gasteiger partial charge in [-0.1, -0.05) is 30.3 Å². The highest BCUT2D eigenvalue weighted by molar-refractivity contribution is 5.14. The van der Waals surface area contributed by atoms with Crippen LogP contribution in [0.4, 0.5) is 0 Å². The lowest BCUT2D eigenvalue weighted by Crippen LogP contribution is -2.51. The van der Waals surface area contributed by atoms with Gasteiger partial charge >= 0.3 is 0 Å². The minimum atomic E-state index is 0.315. The van der Waals surface area contributed by atoms with Crippen molar-refractivity contribution in [2.45, 2.75) is 18.9 Å². The van der Waals surface area contributed by atoms with Gasteiger partial charge in [0.1, 0.15) is 0 Å². The van der Waals surface area contributed by atoms with Crippen LogP contribution >= 0.6 is 0 Å². The predicted molar refractivity (Wildman–Crippen MR) is 79.3 cm³/mol. The van der Waals surface area contributed by atoms with Crippen LogP contribution < -0.4 is 0 Å². The summed E-state index contributed by atoms with van der Waals surface area (Å²) in [6, 6.07) is 11.2. The zero-order chi connectivity index (χ0) is 13.7. The Balaban J connectivity index is 1.85. The van der Waals surface area contributed by atoms with Crippen molar-refractivity contribution in [1.82, 2.24) is 9.80 Å². The topological polar surface area (TPSA) is 26.7 Å². The SMILES string of the molecule is CN(C)[C@@H]1CN(CCc2ccccc2)CC[C@@H]1CO. The molecular formula is C16H26N2O. The van der Waals surface area contributed by atoms with Crippen molar-refractivity contribution in [2.75, 3.05) is 40.3 Å². The van der Waals surface area contributed by atoms with Gasteiger partial charge < -0.3 is 14.9 Å². The number of benzene rings is 1. The van der Waals surface area contributed by atoms with Gasteiger partial charge in [-0.25, -0.2) is 0 Å². The lowest BCUT2D eigenvalue weighted by atomic mass is 9.91. The summed E-state index contributed by atoms with van der Waals surface area (Å²) < 4.78 is 0. The second-order valence-electron chi connectivity index (χ2n) is 5.80. The molecule has 0 bridgehead atoms. The third-order valence-electron chi connectivity index (χ3n) is 4.26. The number of likely N-dealkylation sites (N-methyl/N-ethyl adjacent to an activating group) is 1. The Morgan fingerprint density at radius 2 is 2.00 bits per heavy atom. The fraction of sp³-hybridized carbons (Fsp3) is 0.625. The molecule has 0 aliphatic carbocycles. The van der Waals surface area contributed by atoms with Gasteiger partial charge in [-0.3, -0.25) is 0 Å².